The Morgan fingerprint density at radius 2 is 2.30 bits per heavy atom. The lowest BCUT2D eigenvalue weighted by molar-refractivity contribution is 0.0942. The molecule has 1 amide bonds. The SMILES string of the molecule is CCNC(=O)c1cn(CC2CCCO2)c2cccc(N)c2c1=O. The zero-order valence-corrected chi connectivity index (χ0v) is 13.2. The highest BCUT2D eigenvalue weighted by Gasteiger charge is 2.20. The number of carbonyl (C=O) groups excluding carboxylic acids is 1. The zero-order valence-electron chi connectivity index (χ0n) is 13.2. The molecule has 0 aliphatic carbocycles. The van der Waals surface area contributed by atoms with Gasteiger partial charge in [-0.2, -0.15) is 0 Å². The molecule has 122 valence electrons. The van der Waals surface area contributed by atoms with Gasteiger partial charge in [0.25, 0.3) is 5.91 Å². The Morgan fingerprint density at radius 1 is 1.48 bits per heavy atom. The predicted octanol–water partition coefficient (Wildman–Crippen LogP) is 1.51. The lowest BCUT2D eigenvalue weighted by Crippen LogP contribution is -2.30. The molecule has 6 heteroatoms. The molecule has 1 saturated heterocycles. The molecule has 23 heavy (non-hydrogen) atoms. The van der Waals surface area contributed by atoms with Crippen LogP contribution in [0.1, 0.15) is 30.1 Å². The van der Waals surface area contributed by atoms with E-state index in [-0.39, 0.29) is 23.0 Å². The number of aromatic nitrogens is 1. The number of nitrogens with zero attached hydrogens (tertiary/aromatic N) is 1. The van der Waals surface area contributed by atoms with Crippen LogP contribution in [0.15, 0.2) is 29.2 Å². The van der Waals surface area contributed by atoms with Crippen molar-refractivity contribution in [2.75, 3.05) is 18.9 Å². The molecule has 6 nitrogen and oxygen atoms in total. The third kappa shape index (κ3) is 2.94. The number of nitrogen functional groups attached to an aromatic ring is 1. The first kappa shape index (κ1) is 15.6. The smallest absolute Gasteiger partial charge is 0.256 e. The Labute approximate surface area is 134 Å². The van der Waals surface area contributed by atoms with Crippen LogP contribution in [-0.4, -0.2) is 29.7 Å². The average Bonchev–Trinajstić information content (AvgIpc) is 3.03. The number of hydrogen-bond acceptors (Lipinski definition) is 4. The van der Waals surface area contributed by atoms with E-state index in [1.165, 1.54) is 0 Å². The summed E-state index contributed by atoms with van der Waals surface area (Å²) in [5.74, 6) is -0.372. The van der Waals surface area contributed by atoms with Gasteiger partial charge in [-0.1, -0.05) is 6.07 Å². The molecule has 1 unspecified atom stereocenters. The largest absolute Gasteiger partial charge is 0.398 e. The van der Waals surface area contributed by atoms with Crippen LogP contribution in [0.3, 0.4) is 0 Å². The van der Waals surface area contributed by atoms with E-state index in [0.29, 0.717) is 24.2 Å². The number of benzene rings is 1. The lowest BCUT2D eigenvalue weighted by Gasteiger charge is -2.17. The minimum absolute atomic E-state index is 0.101. The van der Waals surface area contributed by atoms with Crippen LogP contribution >= 0.6 is 0 Å². The maximum atomic E-state index is 12.7. The van der Waals surface area contributed by atoms with Gasteiger partial charge in [0, 0.05) is 31.6 Å². The fraction of sp³-hybridized carbons (Fsp3) is 0.412. The second kappa shape index (κ2) is 6.42. The van der Waals surface area contributed by atoms with Crippen molar-refractivity contribution in [3.63, 3.8) is 0 Å². The van der Waals surface area contributed by atoms with Crippen molar-refractivity contribution in [2.45, 2.75) is 32.4 Å². The molecule has 1 aromatic heterocycles. The summed E-state index contributed by atoms with van der Waals surface area (Å²) in [5, 5.41) is 3.08. The van der Waals surface area contributed by atoms with Gasteiger partial charge in [-0.05, 0) is 31.9 Å². The summed E-state index contributed by atoms with van der Waals surface area (Å²) < 4.78 is 7.59. The summed E-state index contributed by atoms with van der Waals surface area (Å²) >= 11 is 0. The molecular weight excluding hydrogens is 294 g/mol. The number of nitrogens with one attached hydrogen (secondary N) is 1. The standard InChI is InChI=1S/C17H21N3O3/c1-2-19-17(22)12-10-20(9-11-5-4-8-23-11)14-7-3-6-13(18)15(14)16(12)21/h3,6-7,10-11H,2,4-5,8-9,18H2,1H3,(H,19,22). The number of fused-ring (bicyclic) bond motifs is 1. The Bertz CT molecular complexity index is 792. The van der Waals surface area contributed by atoms with Crippen LogP contribution in [0, 0.1) is 0 Å². The van der Waals surface area contributed by atoms with E-state index in [0.717, 1.165) is 25.0 Å². The van der Waals surface area contributed by atoms with Crippen LogP contribution < -0.4 is 16.5 Å². The summed E-state index contributed by atoms with van der Waals surface area (Å²) in [4.78, 5) is 24.9. The summed E-state index contributed by atoms with van der Waals surface area (Å²) in [6.45, 7) is 3.64. The molecule has 1 aliphatic heterocycles. The van der Waals surface area contributed by atoms with E-state index in [4.69, 9.17) is 10.5 Å². The molecule has 1 aromatic carbocycles. The lowest BCUT2D eigenvalue weighted by atomic mass is 10.1. The molecule has 0 spiro atoms. The molecule has 2 aromatic rings. The van der Waals surface area contributed by atoms with E-state index in [9.17, 15) is 9.59 Å². The molecule has 1 aliphatic rings. The van der Waals surface area contributed by atoms with E-state index in [1.807, 2.05) is 23.6 Å². The molecule has 0 saturated carbocycles. The first-order valence-corrected chi connectivity index (χ1v) is 7.93. The van der Waals surface area contributed by atoms with Gasteiger partial charge in [0.1, 0.15) is 5.56 Å². The van der Waals surface area contributed by atoms with E-state index >= 15 is 0 Å². The topological polar surface area (TPSA) is 86.3 Å². The third-order valence-corrected chi connectivity index (χ3v) is 4.15. The Kier molecular flexibility index (Phi) is 4.34. The average molecular weight is 315 g/mol. The Balaban J connectivity index is 2.16. The van der Waals surface area contributed by atoms with Crippen LogP contribution in [0.25, 0.3) is 10.9 Å². The van der Waals surface area contributed by atoms with Gasteiger partial charge in [0.15, 0.2) is 0 Å². The fourth-order valence-corrected chi connectivity index (χ4v) is 3.04. The first-order valence-electron chi connectivity index (χ1n) is 7.93. The monoisotopic (exact) mass is 315 g/mol. The molecule has 3 N–H and O–H groups in total. The van der Waals surface area contributed by atoms with Crippen molar-refractivity contribution in [2.24, 2.45) is 0 Å². The molecule has 3 rings (SSSR count). The molecule has 1 atom stereocenters. The number of ether oxygens (including phenoxy) is 1. The number of carbonyl (C=O) groups is 1. The Morgan fingerprint density at radius 3 is 3.00 bits per heavy atom. The van der Waals surface area contributed by atoms with Crippen LogP contribution in [-0.2, 0) is 11.3 Å². The maximum absolute atomic E-state index is 12.7. The highest BCUT2D eigenvalue weighted by atomic mass is 16.5. The summed E-state index contributed by atoms with van der Waals surface area (Å²) in [6.07, 6.45) is 3.74. The number of hydrogen-bond donors (Lipinski definition) is 2. The van der Waals surface area contributed by atoms with Gasteiger partial charge in [-0.15, -0.1) is 0 Å². The Hall–Kier alpha value is -2.34. The van der Waals surface area contributed by atoms with Gasteiger partial charge in [0.2, 0.25) is 5.43 Å². The summed E-state index contributed by atoms with van der Waals surface area (Å²) in [6, 6.07) is 5.35. The molecule has 2 heterocycles. The fourth-order valence-electron chi connectivity index (χ4n) is 3.04. The normalized spacial score (nSPS) is 17.5. The maximum Gasteiger partial charge on any atom is 0.256 e. The van der Waals surface area contributed by atoms with Gasteiger partial charge >= 0.3 is 0 Å². The molecule has 1 fully saturated rings. The number of pyridine rings is 1. The minimum Gasteiger partial charge on any atom is -0.398 e. The second-order valence-electron chi connectivity index (χ2n) is 5.76. The van der Waals surface area contributed by atoms with Gasteiger partial charge in [-0.25, -0.2) is 0 Å². The van der Waals surface area contributed by atoms with Crippen LogP contribution in [0.4, 0.5) is 5.69 Å². The van der Waals surface area contributed by atoms with E-state index in [1.54, 1.807) is 12.3 Å². The number of anilines is 1. The quantitative estimate of drug-likeness (QED) is 0.837. The van der Waals surface area contributed by atoms with Crippen molar-refractivity contribution in [3.05, 3.63) is 40.2 Å². The van der Waals surface area contributed by atoms with E-state index < -0.39 is 0 Å². The zero-order chi connectivity index (χ0) is 16.4. The highest BCUT2D eigenvalue weighted by molar-refractivity contribution is 6.00. The third-order valence-electron chi connectivity index (χ3n) is 4.15. The number of amides is 1. The highest BCUT2D eigenvalue weighted by Crippen LogP contribution is 2.21. The van der Waals surface area contributed by atoms with Crippen molar-refractivity contribution >= 4 is 22.5 Å². The van der Waals surface area contributed by atoms with Gasteiger partial charge in [-0.3, -0.25) is 9.59 Å². The van der Waals surface area contributed by atoms with Crippen LogP contribution in [0.5, 0.6) is 0 Å². The molecular formula is C17H21N3O3. The minimum atomic E-state index is -0.372. The van der Waals surface area contributed by atoms with Crippen molar-refractivity contribution in [1.82, 2.24) is 9.88 Å². The van der Waals surface area contributed by atoms with Crippen molar-refractivity contribution in [3.8, 4) is 0 Å². The van der Waals surface area contributed by atoms with Gasteiger partial charge < -0.3 is 20.4 Å². The molecule has 0 bridgehead atoms. The van der Waals surface area contributed by atoms with Gasteiger partial charge in [0.05, 0.1) is 17.0 Å². The predicted molar refractivity (Wildman–Crippen MR) is 89.6 cm³/mol. The van der Waals surface area contributed by atoms with Crippen LogP contribution in [0.2, 0.25) is 0 Å². The molecule has 0 radical (unpaired) electrons. The summed E-state index contributed by atoms with van der Waals surface area (Å²) in [7, 11) is 0. The summed E-state index contributed by atoms with van der Waals surface area (Å²) in [5.41, 5.74) is 6.92. The van der Waals surface area contributed by atoms with Crippen molar-refractivity contribution in [1.29, 1.82) is 0 Å². The number of nitrogens with two attached hydrogens (primary N) is 1. The number of rotatable bonds is 4. The van der Waals surface area contributed by atoms with E-state index in [2.05, 4.69) is 5.32 Å². The second-order valence-corrected chi connectivity index (χ2v) is 5.76. The first-order chi connectivity index (χ1) is 11.1. The van der Waals surface area contributed by atoms with Crippen molar-refractivity contribution < 1.29 is 9.53 Å².